The molecule has 2 rings (SSSR count). The maximum Gasteiger partial charge on any atom is 0.387 e. The van der Waals surface area contributed by atoms with E-state index in [2.05, 4.69) is 34.3 Å². The largest absolute Gasteiger partial charge is 0.493 e. The summed E-state index contributed by atoms with van der Waals surface area (Å²) < 4.78 is 34.3. The SMILES string of the molecule is CC[NH+](CC(=O)NCc1ccc(OC(F)F)c(OC)c1)Cc1ccc(N(C)C)cc1. The van der Waals surface area contributed by atoms with E-state index in [1.165, 1.54) is 18.7 Å². The molecule has 1 amide bonds. The van der Waals surface area contributed by atoms with Crippen LogP contribution in [-0.2, 0) is 17.9 Å². The van der Waals surface area contributed by atoms with E-state index in [1.54, 1.807) is 12.1 Å². The monoisotopic (exact) mass is 422 g/mol. The van der Waals surface area contributed by atoms with Crippen molar-refractivity contribution in [1.82, 2.24) is 5.32 Å². The predicted molar refractivity (Wildman–Crippen MR) is 112 cm³/mol. The molecule has 0 radical (unpaired) electrons. The van der Waals surface area contributed by atoms with Gasteiger partial charge in [-0.2, -0.15) is 8.78 Å². The molecule has 2 N–H and O–H groups in total. The fraction of sp³-hybridized carbons (Fsp3) is 0.409. The van der Waals surface area contributed by atoms with Gasteiger partial charge in [0.2, 0.25) is 0 Å². The van der Waals surface area contributed by atoms with Crippen molar-refractivity contribution in [3.63, 3.8) is 0 Å². The lowest BCUT2D eigenvalue weighted by atomic mass is 10.2. The number of likely N-dealkylation sites (N-methyl/N-ethyl adjacent to an activating group) is 1. The summed E-state index contributed by atoms with van der Waals surface area (Å²) in [5.74, 6) is 0.0807. The maximum absolute atomic E-state index is 12.4. The minimum Gasteiger partial charge on any atom is -0.493 e. The Kier molecular flexibility index (Phi) is 8.86. The van der Waals surface area contributed by atoms with Gasteiger partial charge in [0.05, 0.1) is 13.7 Å². The van der Waals surface area contributed by atoms with Gasteiger partial charge in [0.25, 0.3) is 5.91 Å². The molecular formula is C22H30F2N3O3+. The van der Waals surface area contributed by atoms with Crippen LogP contribution < -0.4 is 24.6 Å². The average molecular weight is 422 g/mol. The van der Waals surface area contributed by atoms with Crippen LogP contribution in [0.4, 0.5) is 14.5 Å². The third-order valence-corrected chi connectivity index (χ3v) is 4.75. The molecular weight excluding hydrogens is 392 g/mol. The third-order valence-electron chi connectivity index (χ3n) is 4.75. The van der Waals surface area contributed by atoms with E-state index < -0.39 is 6.61 Å². The number of nitrogens with zero attached hydrogens (tertiary/aromatic N) is 1. The number of rotatable bonds is 11. The van der Waals surface area contributed by atoms with E-state index in [1.807, 2.05) is 25.9 Å². The summed E-state index contributed by atoms with van der Waals surface area (Å²) >= 11 is 0. The number of quaternary nitrogens is 1. The second kappa shape index (κ2) is 11.3. The molecule has 0 aliphatic heterocycles. The average Bonchev–Trinajstić information content (AvgIpc) is 2.72. The van der Waals surface area contributed by atoms with Crippen LogP contribution in [0.15, 0.2) is 42.5 Å². The highest BCUT2D eigenvalue weighted by Crippen LogP contribution is 2.29. The van der Waals surface area contributed by atoms with Gasteiger partial charge < -0.3 is 24.6 Å². The van der Waals surface area contributed by atoms with Crippen LogP contribution in [-0.4, -0.2) is 46.8 Å². The number of hydrogen-bond acceptors (Lipinski definition) is 4. The molecule has 0 spiro atoms. The molecule has 0 aromatic heterocycles. The number of benzene rings is 2. The fourth-order valence-electron chi connectivity index (χ4n) is 3.02. The molecule has 2 aromatic rings. The second-order valence-corrected chi connectivity index (χ2v) is 7.16. The van der Waals surface area contributed by atoms with Gasteiger partial charge in [-0.05, 0) is 36.8 Å². The molecule has 0 aliphatic rings. The van der Waals surface area contributed by atoms with Crippen molar-refractivity contribution in [1.29, 1.82) is 0 Å². The molecule has 0 fully saturated rings. The Hall–Kier alpha value is -2.87. The molecule has 1 atom stereocenters. The van der Waals surface area contributed by atoms with Crippen LogP contribution in [0.3, 0.4) is 0 Å². The van der Waals surface area contributed by atoms with E-state index >= 15 is 0 Å². The number of methoxy groups -OCH3 is 1. The Bertz CT molecular complexity index is 814. The number of anilines is 1. The number of alkyl halides is 2. The zero-order chi connectivity index (χ0) is 22.1. The molecule has 0 saturated heterocycles. The van der Waals surface area contributed by atoms with Crippen LogP contribution in [0, 0.1) is 0 Å². The van der Waals surface area contributed by atoms with Gasteiger partial charge >= 0.3 is 6.61 Å². The first kappa shape index (κ1) is 23.4. The first-order valence-corrected chi connectivity index (χ1v) is 9.80. The number of carbonyl (C=O) groups excluding carboxylic acids is 1. The Morgan fingerprint density at radius 3 is 2.33 bits per heavy atom. The van der Waals surface area contributed by atoms with Gasteiger partial charge in [0, 0.05) is 31.9 Å². The Balaban J connectivity index is 1.89. The lowest BCUT2D eigenvalue weighted by Gasteiger charge is -2.18. The Morgan fingerprint density at radius 1 is 1.10 bits per heavy atom. The molecule has 2 aromatic carbocycles. The lowest BCUT2D eigenvalue weighted by molar-refractivity contribution is -0.904. The molecule has 0 heterocycles. The first-order chi connectivity index (χ1) is 14.3. The van der Waals surface area contributed by atoms with Crippen LogP contribution >= 0.6 is 0 Å². The summed E-state index contributed by atoms with van der Waals surface area (Å²) in [5, 5.41) is 2.87. The molecule has 1 unspecified atom stereocenters. The summed E-state index contributed by atoms with van der Waals surface area (Å²) in [5.41, 5.74) is 3.04. The highest BCUT2D eigenvalue weighted by atomic mass is 19.3. The molecule has 0 saturated carbocycles. The second-order valence-electron chi connectivity index (χ2n) is 7.16. The van der Waals surface area contributed by atoms with Crippen molar-refractivity contribution < 1.29 is 27.9 Å². The van der Waals surface area contributed by atoms with Crippen molar-refractivity contribution >= 4 is 11.6 Å². The fourth-order valence-corrected chi connectivity index (χ4v) is 3.02. The van der Waals surface area contributed by atoms with Crippen molar-refractivity contribution in [2.24, 2.45) is 0 Å². The van der Waals surface area contributed by atoms with E-state index in [0.29, 0.717) is 6.54 Å². The number of hydrogen-bond donors (Lipinski definition) is 2. The lowest BCUT2D eigenvalue weighted by Crippen LogP contribution is -3.11. The number of ether oxygens (including phenoxy) is 2. The van der Waals surface area contributed by atoms with Gasteiger partial charge in [-0.1, -0.05) is 18.2 Å². The standard InChI is InChI=1S/C22H29F2N3O3/c1-5-27(14-16-6-9-18(10-7-16)26(2)3)15-21(28)25-13-17-8-11-19(30-22(23)24)20(12-17)29-4/h6-12,22H,5,13-15H2,1-4H3,(H,25,28)/p+1. The van der Waals surface area contributed by atoms with Gasteiger partial charge in [0.15, 0.2) is 18.0 Å². The van der Waals surface area contributed by atoms with Gasteiger partial charge in [-0.15, -0.1) is 0 Å². The van der Waals surface area contributed by atoms with Crippen LogP contribution in [0.5, 0.6) is 11.5 Å². The van der Waals surface area contributed by atoms with Crippen LogP contribution in [0.1, 0.15) is 18.1 Å². The van der Waals surface area contributed by atoms with Gasteiger partial charge in [0.1, 0.15) is 6.54 Å². The summed E-state index contributed by atoms with van der Waals surface area (Å²) in [6.07, 6.45) is 0. The van der Waals surface area contributed by atoms with Crippen LogP contribution in [0.2, 0.25) is 0 Å². The van der Waals surface area contributed by atoms with Gasteiger partial charge in [-0.3, -0.25) is 4.79 Å². The molecule has 6 nitrogen and oxygen atoms in total. The summed E-state index contributed by atoms with van der Waals surface area (Å²) in [6.45, 7) is 1.31. The van der Waals surface area contributed by atoms with Crippen molar-refractivity contribution in [2.75, 3.05) is 39.2 Å². The van der Waals surface area contributed by atoms with Crippen LogP contribution in [0.25, 0.3) is 0 Å². The predicted octanol–water partition coefficient (Wildman–Crippen LogP) is 2.08. The normalized spacial score (nSPS) is 11.8. The Labute approximate surface area is 176 Å². The van der Waals surface area contributed by atoms with Crippen molar-refractivity contribution in [3.05, 3.63) is 53.6 Å². The maximum atomic E-state index is 12.4. The molecule has 8 heteroatoms. The number of amides is 1. The highest BCUT2D eigenvalue weighted by Gasteiger charge is 2.15. The summed E-state index contributed by atoms with van der Waals surface area (Å²) in [4.78, 5) is 15.6. The molecule has 0 bridgehead atoms. The van der Waals surface area contributed by atoms with Gasteiger partial charge in [-0.25, -0.2) is 0 Å². The summed E-state index contributed by atoms with van der Waals surface area (Å²) in [6, 6.07) is 12.9. The Morgan fingerprint density at radius 2 is 1.77 bits per heavy atom. The summed E-state index contributed by atoms with van der Waals surface area (Å²) in [7, 11) is 5.37. The number of halogens is 2. The van der Waals surface area contributed by atoms with E-state index in [0.717, 1.165) is 29.2 Å². The van der Waals surface area contributed by atoms with E-state index in [9.17, 15) is 13.6 Å². The topological polar surface area (TPSA) is 55.2 Å². The van der Waals surface area contributed by atoms with E-state index in [-0.39, 0.29) is 24.0 Å². The third kappa shape index (κ3) is 7.18. The number of nitrogens with one attached hydrogen (secondary N) is 2. The number of carbonyl (C=O) groups is 1. The molecule has 0 aliphatic carbocycles. The smallest absolute Gasteiger partial charge is 0.387 e. The first-order valence-electron chi connectivity index (χ1n) is 9.80. The minimum absolute atomic E-state index is 0.0375. The van der Waals surface area contributed by atoms with E-state index in [4.69, 9.17) is 4.74 Å². The minimum atomic E-state index is -2.92. The highest BCUT2D eigenvalue weighted by molar-refractivity contribution is 5.76. The molecule has 164 valence electrons. The zero-order valence-electron chi connectivity index (χ0n) is 17.9. The quantitative estimate of drug-likeness (QED) is 0.582. The van der Waals surface area contributed by atoms with Crippen molar-refractivity contribution in [3.8, 4) is 11.5 Å². The zero-order valence-corrected chi connectivity index (χ0v) is 17.9. The molecule has 30 heavy (non-hydrogen) atoms. The van der Waals surface area contributed by atoms with Crippen molar-refractivity contribution in [2.45, 2.75) is 26.6 Å².